The minimum Gasteiger partial charge on any atom is -0.744 e. The van der Waals surface area contributed by atoms with Gasteiger partial charge in [0.05, 0.1) is 4.90 Å². The van der Waals surface area contributed by atoms with Gasteiger partial charge in [-0.25, -0.2) is 8.42 Å². The molecule has 2 aromatic carbocycles. The number of unbranched alkanes of at least 4 members (excludes halogenated alkanes) is 14. The van der Waals surface area contributed by atoms with Crippen LogP contribution in [0, 0.1) is 0 Å². The summed E-state index contributed by atoms with van der Waals surface area (Å²) in [6.07, 6.45) is 21.9. The van der Waals surface area contributed by atoms with Crippen LogP contribution in [0.25, 0.3) is 10.8 Å². The van der Waals surface area contributed by atoms with E-state index in [9.17, 15) is 13.0 Å². The predicted molar refractivity (Wildman–Crippen MR) is 145 cm³/mol. The zero-order valence-corrected chi connectivity index (χ0v) is 25.6. The van der Waals surface area contributed by atoms with E-state index >= 15 is 0 Å². The normalized spacial score (nSPS) is 11.6. The third-order valence-corrected chi connectivity index (χ3v) is 7.82. The van der Waals surface area contributed by atoms with Gasteiger partial charge in [-0.1, -0.05) is 122 Å². The van der Waals surface area contributed by atoms with Gasteiger partial charge in [0.15, 0.2) is 0 Å². The van der Waals surface area contributed by atoms with Crippen molar-refractivity contribution >= 4 is 20.9 Å². The van der Waals surface area contributed by atoms with Gasteiger partial charge in [-0.15, -0.1) is 0 Å². The van der Waals surface area contributed by atoms with Gasteiger partial charge in [0.25, 0.3) is 0 Å². The second-order valence-corrected chi connectivity index (χ2v) is 11.4. The summed E-state index contributed by atoms with van der Waals surface area (Å²) < 4.78 is 36.2. The first kappa shape index (κ1) is 32.6. The van der Waals surface area contributed by atoms with Crippen LogP contribution in [-0.4, -0.2) is 13.0 Å². The second kappa shape index (κ2) is 18.8. The van der Waals surface area contributed by atoms with Gasteiger partial charge in [0.2, 0.25) is 0 Å². The van der Waals surface area contributed by atoms with Crippen LogP contribution >= 0.6 is 0 Å². The van der Waals surface area contributed by atoms with Crippen LogP contribution in [0.4, 0.5) is 0 Å². The third-order valence-electron chi connectivity index (χ3n) is 6.95. The molecule has 0 spiro atoms. The predicted octanol–water partition coefficient (Wildman–Crippen LogP) is 6.11. The molecule has 0 saturated carbocycles. The second-order valence-electron chi connectivity index (χ2n) is 10.1. The molecule has 3 nitrogen and oxygen atoms in total. The van der Waals surface area contributed by atoms with E-state index in [1.165, 1.54) is 83.5 Å². The molecule has 0 N–H and O–H groups in total. The first-order valence-corrected chi connectivity index (χ1v) is 15.4. The fourth-order valence-electron chi connectivity index (χ4n) is 4.86. The quantitative estimate of drug-likeness (QED) is 0.130. The van der Waals surface area contributed by atoms with Crippen LogP contribution < -0.4 is 29.6 Å². The Kier molecular flexibility index (Phi) is 17.5. The third kappa shape index (κ3) is 13.1. The van der Waals surface area contributed by atoms with Gasteiger partial charge >= 0.3 is 29.6 Å². The maximum Gasteiger partial charge on any atom is 1.00 e. The van der Waals surface area contributed by atoms with E-state index in [1.807, 2.05) is 12.1 Å². The van der Waals surface area contributed by atoms with Crippen LogP contribution in [0.1, 0.15) is 128 Å². The molecule has 0 fully saturated rings. The summed E-state index contributed by atoms with van der Waals surface area (Å²) in [6, 6.07) is 9.74. The molecule has 0 unspecified atom stereocenters. The standard InChI is InChI=1S/C30H48O3S.Na/c1-3-5-7-9-11-13-15-17-19-26-21-22-28-23-27(20-18-16-14-12-10-8-6-4-2)25-30(29(28)24-26)34(31,32)33;/h21-25H,3-20H2,1-2H3,(H,31,32,33);/q;+1/p-1. The number of aryl methyl sites for hydroxylation is 2. The molecular weight excluding hydrogens is 463 g/mol. The van der Waals surface area contributed by atoms with E-state index in [-0.39, 0.29) is 34.5 Å². The summed E-state index contributed by atoms with van der Waals surface area (Å²) in [6.45, 7) is 4.48. The molecule has 0 radical (unpaired) electrons. The molecular formula is C30H47NaO3S. The van der Waals surface area contributed by atoms with E-state index in [1.54, 1.807) is 6.07 Å². The van der Waals surface area contributed by atoms with Crippen molar-refractivity contribution in [2.24, 2.45) is 0 Å². The first-order valence-electron chi connectivity index (χ1n) is 14.0. The van der Waals surface area contributed by atoms with Crippen molar-refractivity contribution < 1.29 is 42.5 Å². The van der Waals surface area contributed by atoms with Crippen LogP contribution in [0.5, 0.6) is 0 Å². The SMILES string of the molecule is CCCCCCCCCCc1cc(S(=O)(=O)[O-])c2cc(CCCCCCCCCC)ccc2c1.[Na+]. The van der Waals surface area contributed by atoms with E-state index in [0.29, 0.717) is 5.39 Å². The van der Waals surface area contributed by atoms with E-state index < -0.39 is 10.1 Å². The molecule has 192 valence electrons. The smallest absolute Gasteiger partial charge is 0.744 e. The van der Waals surface area contributed by atoms with Gasteiger partial charge in [0.1, 0.15) is 10.1 Å². The Labute approximate surface area is 237 Å². The van der Waals surface area contributed by atoms with Crippen LogP contribution in [0.15, 0.2) is 35.2 Å². The van der Waals surface area contributed by atoms with Gasteiger partial charge in [-0.05, 0) is 59.7 Å². The summed E-state index contributed by atoms with van der Waals surface area (Å²) in [4.78, 5) is -0.0441. The Balaban J connectivity index is 0.00000612. The zero-order chi connectivity index (χ0) is 24.7. The fourth-order valence-corrected chi connectivity index (χ4v) is 5.60. The number of benzene rings is 2. The van der Waals surface area contributed by atoms with Gasteiger partial charge in [0, 0.05) is 0 Å². The number of hydrogen-bond acceptors (Lipinski definition) is 3. The Morgan fingerprint density at radius 2 is 1.06 bits per heavy atom. The average molecular weight is 511 g/mol. The largest absolute Gasteiger partial charge is 1.00 e. The molecule has 0 amide bonds. The van der Waals surface area contributed by atoms with Crippen LogP contribution in [0.2, 0.25) is 0 Å². The molecule has 0 aliphatic heterocycles. The van der Waals surface area contributed by atoms with Crippen molar-refractivity contribution in [3.63, 3.8) is 0 Å². The maximum atomic E-state index is 12.1. The Morgan fingerprint density at radius 3 is 1.54 bits per heavy atom. The van der Waals surface area contributed by atoms with Crippen molar-refractivity contribution in [1.29, 1.82) is 0 Å². The monoisotopic (exact) mass is 510 g/mol. The Bertz CT molecular complexity index is 940. The van der Waals surface area contributed by atoms with E-state index in [0.717, 1.165) is 48.6 Å². The maximum absolute atomic E-state index is 12.1. The molecule has 2 aromatic rings. The van der Waals surface area contributed by atoms with Gasteiger partial charge in [-0.2, -0.15) is 0 Å². The molecule has 5 heteroatoms. The van der Waals surface area contributed by atoms with Crippen molar-refractivity contribution in [2.75, 3.05) is 0 Å². The van der Waals surface area contributed by atoms with Crippen molar-refractivity contribution in [1.82, 2.24) is 0 Å². The van der Waals surface area contributed by atoms with Gasteiger partial charge in [-0.3, -0.25) is 0 Å². The Hall–Kier alpha value is -0.390. The minimum atomic E-state index is -4.51. The molecule has 2 rings (SSSR count). The number of hydrogen-bond donors (Lipinski definition) is 0. The summed E-state index contributed by atoms with van der Waals surface area (Å²) in [5.74, 6) is 0. The molecule has 0 heterocycles. The van der Waals surface area contributed by atoms with Gasteiger partial charge < -0.3 is 4.55 Å². The molecule has 0 aromatic heterocycles. The van der Waals surface area contributed by atoms with E-state index in [4.69, 9.17) is 0 Å². The van der Waals surface area contributed by atoms with Crippen molar-refractivity contribution in [3.05, 3.63) is 41.5 Å². The number of rotatable bonds is 19. The summed E-state index contributed by atoms with van der Waals surface area (Å²) in [7, 11) is -4.51. The van der Waals surface area contributed by atoms with Crippen LogP contribution in [0.3, 0.4) is 0 Å². The van der Waals surface area contributed by atoms with Crippen molar-refractivity contribution in [3.8, 4) is 0 Å². The fraction of sp³-hybridized carbons (Fsp3) is 0.667. The molecule has 35 heavy (non-hydrogen) atoms. The van der Waals surface area contributed by atoms with E-state index in [2.05, 4.69) is 26.0 Å². The van der Waals surface area contributed by atoms with Crippen molar-refractivity contribution in [2.45, 2.75) is 134 Å². The number of fused-ring (bicyclic) bond motifs is 1. The summed E-state index contributed by atoms with van der Waals surface area (Å²) in [5, 5.41) is 1.46. The Morgan fingerprint density at radius 1 is 0.600 bits per heavy atom. The minimum absolute atomic E-state index is 0. The average Bonchev–Trinajstić information content (AvgIpc) is 2.81. The zero-order valence-electron chi connectivity index (χ0n) is 22.7. The topological polar surface area (TPSA) is 57.2 Å². The molecule has 0 saturated heterocycles. The molecule has 0 aliphatic carbocycles. The molecule has 0 bridgehead atoms. The summed E-state index contributed by atoms with van der Waals surface area (Å²) in [5.41, 5.74) is 2.09. The first-order chi connectivity index (χ1) is 16.5. The van der Waals surface area contributed by atoms with Crippen LogP contribution in [-0.2, 0) is 23.0 Å². The molecule has 0 aliphatic rings. The molecule has 0 atom stereocenters. The summed E-state index contributed by atoms with van der Waals surface area (Å²) >= 11 is 0.